The quantitative estimate of drug-likeness (QED) is 0.927. The van der Waals surface area contributed by atoms with Crippen LogP contribution in [0.5, 0.6) is 0 Å². The molecule has 2 fully saturated rings. The van der Waals surface area contributed by atoms with Gasteiger partial charge in [-0.05, 0) is 50.4 Å². The Morgan fingerprint density at radius 1 is 1.22 bits per heavy atom. The highest BCUT2D eigenvalue weighted by molar-refractivity contribution is 5.88. The van der Waals surface area contributed by atoms with Gasteiger partial charge in [-0.15, -0.1) is 0 Å². The number of hydrogen-bond acceptors (Lipinski definition) is 3. The first-order chi connectivity index (χ1) is 11.2. The molecular weight excluding hydrogens is 295 g/mol. The van der Waals surface area contributed by atoms with Crippen LogP contribution >= 0.6 is 0 Å². The summed E-state index contributed by atoms with van der Waals surface area (Å²) >= 11 is 0. The minimum Gasteiger partial charge on any atom is -0.381 e. The molecule has 23 heavy (non-hydrogen) atoms. The summed E-state index contributed by atoms with van der Waals surface area (Å²) in [4.78, 5) is 15.3. The Bertz CT molecular complexity index is 532. The summed E-state index contributed by atoms with van der Waals surface area (Å²) in [6, 6.07) is 6.92. The van der Waals surface area contributed by atoms with Crippen molar-refractivity contribution in [2.75, 3.05) is 33.4 Å². The molecular formula is C18H25FN2O2. The van der Waals surface area contributed by atoms with Gasteiger partial charge < -0.3 is 15.0 Å². The third-order valence-electron chi connectivity index (χ3n) is 5.34. The number of nitrogens with one attached hydrogen (secondary N) is 1. The molecule has 0 unspecified atom stereocenters. The molecule has 0 spiro atoms. The van der Waals surface area contributed by atoms with E-state index in [0.717, 1.165) is 31.5 Å². The fourth-order valence-electron chi connectivity index (χ4n) is 3.79. The topological polar surface area (TPSA) is 41.6 Å². The smallest absolute Gasteiger partial charge is 0.233 e. The molecule has 0 bridgehead atoms. The Morgan fingerprint density at radius 3 is 2.39 bits per heavy atom. The molecule has 0 aromatic heterocycles. The van der Waals surface area contributed by atoms with Gasteiger partial charge in [-0.25, -0.2) is 4.39 Å². The predicted molar refractivity (Wildman–Crippen MR) is 86.8 cm³/mol. The minimum atomic E-state index is -0.557. The zero-order valence-electron chi connectivity index (χ0n) is 13.7. The summed E-state index contributed by atoms with van der Waals surface area (Å²) in [7, 11) is 1.97. The Kier molecular flexibility index (Phi) is 4.97. The summed E-state index contributed by atoms with van der Waals surface area (Å²) in [5, 5.41) is 3.29. The van der Waals surface area contributed by atoms with Gasteiger partial charge in [0, 0.05) is 32.3 Å². The largest absolute Gasteiger partial charge is 0.381 e. The normalized spacial score (nSPS) is 22.1. The van der Waals surface area contributed by atoms with Gasteiger partial charge in [0.1, 0.15) is 5.82 Å². The number of halogens is 1. The number of piperidine rings is 1. The van der Waals surface area contributed by atoms with Gasteiger partial charge >= 0.3 is 0 Å². The zero-order valence-corrected chi connectivity index (χ0v) is 13.7. The Balaban J connectivity index is 1.84. The third-order valence-corrected chi connectivity index (χ3v) is 5.34. The fourth-order valence-corrected chi connectivity index (χ4v) is 3.79. The van der Waals surface area contributed by atoms with E-state index in [1.165, 1.54) is 12.1 Å². The van der Waals surface area contributed by atoms with Crippen molar-refractivity contribution in [1.29, 1.82) is 0 Å². The molecule has 2 saturated heterocycles. The van der Waals surface area contributed by atoms with Crippen molar-refractivity contribution >= 4 is 5.91 Å². The van der Waals surface area contributed by atoms with E-state index in [1.54, 1.807) is 12.1 Å². The van der Waals surface area contributed by atoms with Gasteiger partial charge in [-0.1, -0.05) is 12.1 Å². The van der Waals surface area contributed by atoms with Crippen molar-refractivity contribution in [3.8, 4) is 0 Å². The number of nitrogens with zero attached hydrogens (tertiary/aromatic N) is 1. The van der Waals surface area contributed by atoms with E-state index in [1.807, 2.05) is 11.9 Å². The van der Waals surface area contributed by atoms with Crippen molar-refractivity contribution in [2.45, 2.75) is 37.1 Å². The molecule has 1 amide bonds. The maximum Gasteiger partial charge on any atom is 0.233 e. The first-order valence-corrected chi connectivity index (χ1v) is 8.46. The first kappa shape index (κ1) is 16.4. The molecule has 5 heteroatoms. The molecule has 0 atom stereocenters. The lowest BCUT2D eigenvalue weighted by Gasteiger charge is -2.42. The second-order valence-corrected chi connectivity index (χ2v) is 6.56. The molecule has 1 aromatic carbocycles. The standard InChI is InChI=1S/C18H25FN2O2/c1-20-16-6-10-21(11-7-16)17(22)18(8-12-23-13-9-18)14-2-4-15(19)5-3-14/h2-5,16,20H,6-13H2,1H3. The van der Waals surface area contributed by atoms with Crippen molar-refractivity contribution in [3.05, 3.63) is 35.6 Å². The zero-order chi connectivity index (χ0) is 16.3. The number of hydrogen-bond donors (Lipinski definition) is 1. The summed E-state index contributed by atoms with van der Waals surface area (Å²) in [6.07, 6.45) is 3.31. The van der Waals surface area contributed by atoms with Crippen LogP contribution in [0.1, 0.15) is 31.2 Å². The third kappa shape index (κ3) is 3.26. The van der Waals surface area contributed by atoms with Crippen molar-refractivity contribution < 1.29 is 13.9 Å². The van der Waals surface area contributed by atoms with Crippen LogP contribution in [-0.2, 0) is 14.9 Å². The lowest BCUT2D eigenvalue weighted by molar-refractivity contribution is -0.142. The van der Waals surface area contributed by atoms with Crippen LogP contribution in [-0.4, -0.2) is 50.2 Å². The SMILES string of the molecule is CNC1CCN(C(=O)C2(c3ccc(F)cc3)CCOCC2)CC1. The number of carbonyl (C=O) groups is 1. The molecule has 126 valence electrons. The molecule has 2 aliphatic rings. The molecule has 2 aliphatic heterocycles. The molecule has 2 heterocycles. The minimum absolute atomic E-state index is 0.182. The van der Waals surface area contributed by atoms with Gasteiger partial charge in [0.15, 0.2) is 0 Å². The van der Waals surface area contributed by atoms with E-state index < -0.39 is 5.41 Å². The first-order valence-electron chi connectivity index (χ1n) is 8.46. The number of ether oxygens (including phenoxy) is 1. The van der Waals surface area contributed by atoms with E-state index in [4.69, 9.17) is 4.74 Å². The second kappa shape index (κ2) is 6.97. The predicted octanol–water partition coefficient (Wildman–Crippen LogP) is 2.08. The van der Waals surface area contributed by atoms with Gasteiger partial charge in [0.25, 0.3) is 0 Å². The molecule has 1 N–H and O–H groups in total. The van der Waals surface area contributed by atoms with Crippen LogP contribution in [0.4, 0.5) is 4.39 Å². The highest BCUT2D eigenvalue weighted by atomic mass is 19.1. The summed E-state index contributed by atoms with van der Waals surface area (Å²) in [5.41, 5.74) is 0.362. The highest BCUT2D eigenvalue weighted by Crippen LogP contribution is 2.37. The summed E-state index contributed by atoms with van der Waals surface area (Å²) in [6.45, 7) is 2.73. The van der Waals surface area contributed by atoms with E-state index in [-0.39, 0.29) is 11.7 Å². The number of amides is 1. The molecule has 0 aliphatic carbocycles. The van der Waals surface area contributed by atoms with Gasteiger partial charge in [-0.3, -0.25) is 4.79 Å². The van der Waals surface area contributed by atoms with Gasteiger partial charge in [0.2, 0.25) is 5.91 Å². The number of likely N-dealkylation sites (tertiary alicyclic amines) is 1. The number of carbonyl (C=O) groups excluding carboxylic acids is 1. The number of rotatable bonds is 3. The lowest BCUT2D eigenvalue weighted by Crippen LogP contribution is -2.53. The van der Waals surface area contributed by atoms with Gasteiger partial charge in [-0.2, -0.15) is 0 Å². The van der Waals surface area contributed by atoms with Crippen molar-refractivity contribution in [1.82, 2.24) is 10.2 Å². The molecule has 1 aromatic rings. The Labute approximate surface area is 137 Å². The molecule has 0 saturated carbocycles. The van der Waals surface area contributed by atoms with Crippen molar-refractivity contribution in [2.24, 2.45) is 0 Å². The average molecular weight is 320 g/mol. The fraction of sp³-hybridized carbons (Fsp3) is 0.611. The lowest BCUT2D eigenvalue weighted by atomic mass is 9.72. The summed E-state index contributed by atoms with van der Waals surface area (Å²) < 4.78 is 18.8. The maximum absolute atomic E-state index is 13.3. The van der Waals surface area contributed by atoms with E-state index in [9.17, 15) is 9.18 Å². The van der Waals surface area contributed by atoms with Crippen LogP contribution < -0.4 is 5.32 Å². The molecule has 3 rings (SSSR count). The molecule has 0 radical (unpaired) electrons. The van der Waals surface area contributed by atoms with Crippen LogP contribution in [0.3, 0.4) is 0 Å². The van der Waals surface area contributed by atoms with Crippen LogP contribution in [0.2, 0.25) is 0 Å². The Hall–Kier alpha value is -1.46. The van der Waals surface area contributed by atoms with Crippen molar-refractivity contribution in [3.63, 3.8) is 0 Å². The Morgan fingerprint density at radius 2 is 1.83 bits per heavy atom. The average Bonchev–Trinajstić information content (AvgIpc) is 2.62. The maximum atomic E-state index is 13.3. The molecule has 4 nitrogen and oxygen atoms in total. The van der Waals surface area contributed by atoms with E-state index in [2.05, 4.69) is 5.32 Å². The number of benzene rings is 1. The summed E-state index contributed by atoms with van der Waals surface area (Å²) in [5.74, 6) is -0.0831. The second-order valence-electron chi connectivity index (χ2n) is 6.56. The monoisotopic (exact) mass is 320 g/mol. The van der Waals surface area contributed by atoms with E-state index >= 15 is 0 Å². The van der Waals surface area contributed by atoms with Crippen LogP contribution in [0.25, 0.3) is 0 Å². The van der Waals surface area contributed by atoms with E-state index in [0.29, 0.717) is 32.1 Å². The van der Waals surface area contributed by atoms with Crippen LogP contribution in [0, 0.1) is 5.82 Å². The van der Waals surface area contributed by atoms with Gasteiger partial charge in [0.05, 0.1) is 5.41 Å². The van der Waals surface area contributed by atoms with Crippen LogP contribution in [0.15, 0.2) is 24.3 Å². The highest BCUT2D eigenvalue weighted by Gasteiger charge is 2.44.